The first-order chi connectivity index (χ1) is 7.98. The van der Waals surface area contributed by atoms with Crippen LogP contribution in [-0.4, -0.2) is 38.5 Å². The Morgan fingerprint density at radius 1 is 1.06 bits per heavy atom. The fraction of sp³-hybridized carbons (Fsp3) is 1.00. The van der Waals surface area contributed by atoms with Gasteiger partial charge in [0.2, 0.25) is 0 Å². The van der Waals surface area contributed by atoms with Gasteiger partial charge in [-0.25, -0.2) is 0 Å². The minimum Gasteiger partial charge on any atom is -0.381 e. The van der Waals surface area contributed by atoms with Crippen molar-refractivity contribution in [2.24, 2.45) is 0 Å². The molecule has 0 heterocycles. The van der Waals surface area contributed by atoms with E-state index in [2.05, 4.69) is 33.0 Å². The van der Waals surface area contributed by atoms with Crippen LogP contribution in [0.3, 0.4) is 0 Å². The summed E-state index contributed by atoms with van der Waals surface area (Å²) in [4.78, 5) is 0. The van der Waals surface area contributed by atoms with E-state index < -0.39 is 0 Å². The topological polar surface area (TPSA) is 30.5 Å². The maximum atomic E-state index is 5.60. The second kappa shape index (κ2) is 9.86. The summed E-state index contributed by atoms with van der Waals surface area (Å²) in [5, 5.41) is 3.42. The minimum atomic E-state index is -0.0544. The number of hydrogen-bond donors (Lipinski definition) is 1. The number of rotatable bonds is 11. The monoisotopic (exact) mass is 245 g/mol. The summed E-state index contributed by atoms with van der Waals surface area (Å²) < 4.78 is 10.9. The van der Waals surface area contributed by atoms with Crippen LogP contribution in [-0.2, 0) is 9.47 Å². The quantitative estimate of drug-likeness (QED) is 0.568. The van der Waals surface area contributed by atoms with Crippen molar-refractivity contribution in [3.8, 4) is 0 Å². The van der Waals surface area contributed by atoms with Gasteiger partial charge in [0.05, 0.1) is 5.60 Å². The Balaban J connectivity index is 3.14. The molecule has 0 aliphatic carbocycles. The van der Waals surface area contributed by atoms with Crippen LogP contribution in [0.25, 0.3) is 0 Å². The summed E-state index contributed by atoms with van der Waals surface area (Å²) in [5.41, 5.74) is -0.0544. The van der Waals surface area contributed by atoms with Gasteiger partial charge in [-0.05, 0) is 46.1 Å². The zero-order valence-corrected chi connectivity index (χ0v) is 12.3. The molecule has 104 valence electrons. The lowest BCUT2D eigenvalue weighted by molar-refractivity contribution is -0.0101. The van der Waals surface area contributed by atoms with Gasteiger partial charge >= 0.3 is 0 Å². The van der Waals surface area contributed by atoms with E-state index in [1.54, 1.807) is 7.11 Å². The van der Waals surface area contributed by atoms with Crippen LogP contribution < -0.4 is 5.32 Å². The maximum Gasteiger partial charge on any atom is 0.0644 e. The van der Waals surface area contributed by atoms with E-state index in [0.29, 0.717) is 6.04 Å². The summed E-state index contributed by atoms with van der Waals surface area (Å²) in [7, 11) is 1.75. The SMILES string of the molecule is COC(C)(C)CCOCCCCCNC(C)C. The molecule has 0 saturated carbocycles. The Morgan fingerprint density at radius 2 is 1.76 bits per heavy atom. The van der Waals surface area contributed by atoms with E-state index >= 15 is 0 Å². The molecule has 1 N–H and O–H groups in total. The first kappa shape index (κ1) is 16.9. The van der Waals surface area contributed by atoms with Crippen molar-refractivity contribution >= 4 is 0 Å². The third kappa shape index (κ3) is 12.1. The van der Waals surface area contributed by atoms with E-state index in [1.807, 2.05) is 0 Å². The largest absolute Gasteiger partial charge is 0.381 e. The zero-order valence-electron chi connectivity index (χ0n) is 12.3. The smallest absolute Gasteiger partial charge is 0.0644 e. The van der Waals surface area contributed by atoms with Crippen LogP contribution in [0.2, 0.25) is 0 Å². The molecule has 0 fully saturated rings. The Kier molecular flexibility index (Phi) is 9.79. The lowest BCUT2D eigenvalue weighted by atomic mass is 10.1. The molecule has 0 bridgehead atoms. The highest BCUT2D eigenvalue weighted by atomic mass is 16.5. The molecule has 17 heavy (non-hydrogen) atoms. The van der Waals surface area contributed by atoms with E-state index in [-0.39, 0.29) is 5.60 Å². The van der Waals surface area contributed by atoms with Crippen LogP contribution in [0.1, 0.15) is 53.4 Å². The molecular weight excluding hydrogens is 214 g/mol. The average Bonchev–Trinajstić information content (AvgIpc) is 2.26. The molecule has 0 aliphatic heterocycles. The van der Waals surface area contributed by atoms with Gasteiger partial charge in [-0.1, -0.05) is 13.8 Å². The Labute approximate surface area is 107 Å². The third-order valence-electron chi connectivity index (χ3n) is 2.92. The van der Waals surface area contributed by atoms with Gasteiger partial charge in [0.15, 0.2) is 0 Å². The van der Waals surface area contributed by atoms with E-state index in [4.69, 9.17) is 9.47 Å². The molecule has 0 unspecified atom stereocenters. The molecule has 0 aliphatic rings. The predicted octanol–water partition coefficient (Wildman–Crippen LogP) is 2.99. The molecule has 0 spiro atoms. The molecule has 0 radical (unpaired) electrons. The molecule has 0 aromatic rings. The van der Waals surface area contributed by atoms with E-state index in [0.717, 1.165) is 32.6 Å². The molecule has 0 saturated heterocycles. The second-order valence-electron chi connectivity index (χ2n) is 5.50. The lowest BCUT2D eigenvalue weighted by Crippen LogP contribution is -2.24. The van der Waals surface area contributed by atoms with E-state index in [9.17, 15) is 0 Å². The molecule has 0 amide bonds. The van der Waals surface area contributed by atoms with Gasteiger partial charge in [-0.3, -0.25) is 0 Å². The summed E-state index contributed by atoms with van der Waals surface area (Å²) in [6, 6.07) is 0.600. The Morgan fingerprint density at radius 3 is 2.35 bits per heavy atom. The van der Waals surface area contributed by atoms with Crippen LogP contribution in [0.15, 0.2) is 0 Å². The first-order valence-electron chi connectivity index (χ1n) is 6.84. The molecule has 3 nitrogen and oxygen atoms in total. The van der Waals surface area contributed by atoms with Crippen molar-refractivity contribution in [3.63, 3.8) is 0 Å². The van der Waals surface area contributed by atoms with E-state index in [1.165, 1.54) is 12.8 Å². The van der Waals surface area contributed by atoms with Crippen molar-refractivity contribution in [1.82, 2.24) is 5.32 Å². The van der Waals surface area contributed by atoms with Crippen LogP contribution >= 0.6 is 0 Å². The Hall–Kier alpha value is -0.120. The van der Waals surface area contributed by atoms with Crippen LogP contribution in [0.5, 0.6) is 0 Å². The first-order valence-corrected chi connectivity index (χ1v) is 6.84. The maximum absolute atomic E-state index is 5.60. The number of unbranched alkanes of at least 4 members (excludes halogenated alkanes) is 2. The van der Waals surface area contributed by atoms with Crippen LogP contribution in [0, 0.1) is 0 Å². The third-order valence-corrected chi connectivity index (χ3v) is 2.92. The summed E-state index contributed by atoms with van der Waals surface area (Å²) >= 11 is 0. The van der Waals surface area contributed by atoms with Crippen molar-refractivity contribution < 1.29 is 9.47 Å². The molecule has 0 rings (SSSR count). The molecule has 0 aromatic heterocycles. The normalized spacial score (nSPS) is 12.4. The second-order valence-corrected chi connectivity index (χ2v) is 5.50. The van der Waals surface area contributed by atoms with Crippen molar-refractivity contribution in [1.29, 1.82) is 0 Å². The summed E-state index contributed by atoms with van der Waals surface area (Å²) in [5.74, 6) is 0. The highest BCUT2D eigenvalue weighted by Crippen LogP contribution is 2.12. The number of ether oxygens (including phenoxy) is 2. The van der Waals surface area contributed by atoms with Gasteiger partial charge in [-0.2, -0.15) is 0 Å². The van der Waals surface area contributed by atoms with Gasteiger partial charge in [0, 0.05) is 26.4 Å². The summed E-state index contributed by atoms with van der Waals surface area (Å²) in [6.45, 7) is 11.3. The minimum absolute atomic E-state index is 0.0544. The van der Waals surface area contributed by atoms with Gasteiger partial charge in [0.25, 0.3) is 0 Å². The molecule has 0 atom stereocenters. The van der Waals surface area contributed by atoms with Crippen molar-refractivity contribution in [2.75, 3.05) is 26.9 Å². The number of nitrogens with one attached hydrogen (secondary N) is 1. The summed E-state index contributed by atoms with van der Waals surface area (Å²) in [6.07, 6.45) is 4.60. The predicted molar refractivity (Wildman–Crippen MR) is 73.5 cm³/mol. The molecule has 0 aromatic carbocycles. The zero-order chi connectivity index (χ0) is 13.1. The van der Waals surface area contributed by atoms with Gasteiger partial charge in [0.1, 0.15) is 0 Å². The lowest BCUT2D eigenvalue weighted by Gasteiger charge is -2.22. The number of hydrogen-bond acceptors (Lipinski definition) is 3. The van der Waals surface area contributed by atoms with Gasteiger partial charge < -0.3 is 14.8 Å². The number of methoxy groups -OCH3 is 1. The van der Waals surface area contributed by atoms with Gasteiger partial charge in [-0.15, -0.1) is 0 Å². The van der Waals surface area contributed by atoms with Crippen molar-refractivity contribution in [3.05, 3.63) is 0 Å². The fourth-order valence-electron chi connectivity index (χ4n) is 1.42. The highest BCUT2D eigenvalue weighted by molar-refractivity contribution is 4.66. The fourth-order valence-corrected chi connectivity index (χ4v) is 1.42. The standard InChI is InChI=1S/C14H31NO2/c1-13(2)15-10-7-6-8-11-17-12-9-14(3,4)16-5/h13,15H,6-12H2,1-5H3. The molecule has 3 heteroatoms. The molecular formula is C14H31NO2. The van der Waals surface area contributed by atoms with Crippen molar-refractivity contribution in [2.45, 2.75) is 65.0 Å². The average molecular weight is 245 g/mol. The highest BCUT2D eigenvalue weighted by Gasteiger charge is 2.15. The van der Waals surface area contributed by atoms with Crippen LogP contribution in [0.4, 0.5) is 0 Å². The Bertz CT molecular complexity index is 170.